The van der Waals surface area contributed by atoms with E-state index in [4.69, 9.17) is 0 Å². The minimum Gasteiger partial charge on any atom is -0.352 e. The number of anilines is 1. The van der Waals surface area contributed by atoms with Gasteiger partial charge in [0.05, 0.1) is 10.6 Å². The van der Waals surface area contributed by atoms with E-state index in [1.165, 1.54) is 29.2 Å². The predicted molar refractivity (Wildman–Crippen MR) is 156 cm³/mol. The van der Waals surface area contributed by atoms with Gasteiger partial charge in [-0.3, -0.25) is 13.9 Å². The summed E-state index contributed by atoms with van der Waals surface area (Å²) in [4.78, 5) is 28.8. The number of rotatable bonds is 12. The van der Waals surface area contributed by atoms with Gasteiger partial charge in [0, 0.05) is 12.6 Å². The fourth-order valence-corrected chi connectivity index (χ4v) is 5.82. The molecular weight excluding hydrogens is 529 g/mol. The fraction of sp³-hybridized carbons (Fsp3) is 0.355. The predicted octanol–water partition coefficient (Wildman–Crippen LogP) is 5.36. The van der Waals surface area contributed by atoms with Crippen LogP contribution in [0.25, 0.3) is 0 Å². The number of aryl methyl sites for hydroxylation is 2. The molecule has 3 rings (SSSR count). The molecule has 0 aliphatic carbocycles. The summed E-state index contributed by atoms with van der Waals surface area (Å²) >= 11 is 0. The highest BCUT2D eigenvalue weighted by Gasteiger charge is 2.34. The van der Waals surface area contributed by atoms with Crippen LogP contribution in [0.1, 0.15) is 50.3 Å². The van der Waals surface area contributed by atoms with Gasteiger partial charge in [0.1, 0.15) is 18.4 Å². The third-order valence-corrected chi connectivity index (χ3v) is 8.70. The maximum atomic E-state index is 14.1. The van der Waals surface area contributed by atoms with E-state index in [1.54, 1.807) is 62.4 Å². The third-order valence-electron chi connectivity index (χ3n) is 6.93. The van der Waals surface area contributed by atoms with Crippen LogP contribution in [-0.2, 0) is 26.2 Å². The van der Waals surface area contributed by atoms with Crippen LogP contribution in [0.15, 0.2) is 77.7 Å². The average molecular weight is 568 g/mol. The summed E-state index contributed by atoms with van der Waals surface area (Å²) in [5.74, 6) is -1.29. The smallest absolute Gasteiger partial charge is 0.264 e. The summed E-state index contributed by atoms with van der Waals surface area (Å²) in [6, 6.07) is 18.1. The fourth-order valence-electron chi connectivity index (χ4n) is 4.34. The molecule has 0 aliphatic heterocycles. The van der Waals surface area contributed by atoms with E-state index in [9.17, 15) is 22.4 Å². The Morgan fingerprint density at radius 2 is 1.52 bits per heavy atom. The number of carbonyl (C=O) groups excluding carboxylic acids is 2. The van der Waals surface area contributed by atoms with Gasteiger partial charge in [-0.25, -0.2) is 12.8 Å². The Bertz CT molecular complexity index is 1410. The molecule has 0 spiro atoms. The zero-order valence-electron chi connectivity index (χ0n) is 23.7. The first-order valence-electron chi connectivity index (χ1n) is 13.5. The zero-order chi connectivity index (χ0) is 29.4. The van der Waals surface area contributed by atoms with Crippen molar-refractivity contribution in [3.05, 3.63) is 95.3 Å². The summed E-state index contributed by atoms with van der Waals surface area (Å²) in [7, 11) is -4.14. The quantitative estimate of drug-likeness (QED) is 0.319. The second-order valence-electron chi connectivity index (χ2n) is 10.0. The van der Waals surface area contributed by atoms with Gasteiger partial charge in [-0.2, -0.15) is 0 Å². The molecule has 1 N–H and O–H groups in total. The Morgan fingerprint density at radius 1 is 0.900 bits per heavy atom. The van der Waals surface area contributed by atoms with Crippen molar-refractivity contribution < 1.29 is 22.4 Å². The number of nitrogens with zero attached hydrogens (tertiary/aromatic N) is 2. The van der Waals surface area contributed by atoms with Crippen molar-refractivity contribution in [2.45, 2.75) is 71.0 Å². The van der Waals surface area contributed by atoms with Crippen LogP contribution in [0.3, 0.4) is 0 Å². The van der Waals surface area contributed by atoms with Gasteiger partial charge < -0.3 is 10.2 Å². The topological polar surface area (TPSA) is 86.8 Å². The maximum Gasteiger partial charge on any atom is 0.264 e. The molecule has 0 bridgehead atoms. The monoisotopic (exact) mass is 567 g/mol. The van der Waals surface area contributed by atoms with E-state index < -0.39 is 34.3 Å². The van der Waals surface area contributed by atoms with Crippen LogP contribution >= 0.6 is 0 Å². The number of para-hydroxylation sites is 1. The number of amides is 2. The number of hydrogen-bond donors (Lipinski definition) is 1. The van der Waals surface area contributed by atoms with E-state index in [-0.39, 0.29) is 23.4 Å². The minimum atomic E-state index is -4.14. The molecule has 0 saturated carbocycles. The SMILES string of the molecule is CC[C@@H](C)NC(=O)[C@H](CC)N(Cc1ccc(F)cc1)C(=O)CN(c1ccccc1C)S(=O)(=O)c1ccc(C)cc1. The number of carbonyl (C=O) groups is 2. The Morgan fingerprint density at radius 3 is 2.10 bits per heavy atom. The molecule has 0 aliphatic rings. The van der Waals surface area contributed by atoms with Crippen LogP contribution in [0.2, 0.25) is 0 Å². The van der Waals surface area contributed by atoms with Gasteiger partial charge in [-0.15, -0.1) is 0 Å². The molecule has 214 valence electrons. The van der Waals surface area contributed by atoms with Crippen LogP contribution in [-0.4, -0.2) is 43.8 Å². The van der Waals surface area contributed by atoms with Crippen molar-refractivity contribution in [2.24, 2.45) is 0 Å². The molecule has 3 aromatic carbocycles. The van der Waals surface area contributed by atoms with E-state index >= 15 is 0 Å². The Balaban J connectivity index is 2.06. The highest BCUT2D eigenvalue weighted by Crippen LogP contribution is 2.27. The lowest BCUT2D eigenvalue weighted by Crippen LogP contribution is -2.53. The number of benzene rings is 3. The molecule has 9 heteroatoms. The van der Waals surface area contributed by atoms with E-state index in [0.717, 1.165) is 9.87 Å². The van der Waals surface area contributed by atoms with Crippen LogP contribution < -0.4 is 9.62 Å². The number of sulfonamides is 1. The lowest BCUT2D eigenvalue weighted by Gasteiger charge is -2.34. The second-order valence-corrected chi connectivity index (χ2v) is 11.9. The molecule has 0 fully saturated rings. The average Bonchev–Trinajstić information content (AvgIpc) is 2.93. The largest absolute Gasteiger partial charge is 0.352 e. The summed E-state index contributed by atoms with van der Waals surface area (Å²) in [5.41, 5.74) is 2.57. The maximum absolute atomic E-state index is 14.1. The normalized spacial score (nSPS) is 12.8. The van der Waals surface area contributed by atoms with Crippen molar-refractivity contribution >= 4 is 27.5 Å². The molecule has 3 aromatic rings. The molecule has 2 amide bonds. The number of halogens is 1. The molecule has 2 atom stereocenters. The van der Waals surface area contributed by atoms with Crippen molar-refractivity contribution in [2.75, 3.05) is 10.8 Å². The highest BCUT2D eigenvalue weighted by molar-refractivity contribution is 7.92. The second kappa shape index (κ2) is 13.6. The van der Waals surface area contributed by atoms with Crippen molar-refractivity contribution in [1.29, 1.82) is 0 Å². The van der Waals surface area contributed by atoms with E-state index in [0.29, 0.717) is 29.7 Å². The molecule has 0 radical (unpaired) electrons. The summed E-state index contributed by atoms with van der Waals surface area (Å²) < 4.78 is 42.6. The molecule has 0 saturated heterocycles. The van der Waals surface area contributed by atoms with Gasteiger partial charge in [0.2, 0.25) is 11.8 Å². The van der Waals surface area contributed by atoms with Crippen LogP contribution in [0, 0.1) is 19.7 Å². The summed E-state index contributed by atoms with van der Waals surface area (Å²) in [6.45, 7) is 8.76. The molecule has 7 nitrogen and oxygen atoms in total. The molecule has 0 unspecified atom stereocenters. The molecule has 0 heterocycles. The summed E-state index contributed by atoms with van der Waals surface area (Å²) in [5, 5.41) is 2.94. The highest BCUT2D eigenvalue weighted by atomic mass is 32.2. The van der Waals surface area contributed by atoms with E-state index in [1.807, 2.05) is 20.8 Å². The van der Waals surface area contributed by atoms with Crippen LogP contribution in [0.4, 0.5) is 10.1 Å². The van der Waals surface area contributed by atoms with Gasteiger partial charge in [0.25, 0.3) is 10.0 Å². The zero-order valence-corrected chi connectivity index (χ0v) is 24.5. The third kappa shape index (κ3) is 7.47. The van der Waals surface area contributed by atoms with Crippen LogP contribution in [0.5, 0.6) is 0 Å². The van der Waals surface area contributed by atoms with Crippen molar-refractivity contribution in [3.63, 3.8) is 0 Å². The van der Waals surface area contributed by atoms with Gasteiger partial charge in [0.15, 0.2) is 0 Å². The first-order chi connectivity index (χ1) is 19.0. The number of nitrogens with one attached hydrogen (secondary N) is 1. The standard InChI is InChI=1S/C31H38FN3O4S/c1-6-24(5)33-31(37)28(7-2)34(20-25-14-16-26(32)17-15-25)30(36)21-35(29-11-9-8-10-23(29)4)40(38,39)27-18-12-22(3)13-19-27/h8-19,24,28H,6-7,20-21H2,1-5H3,(H,33,37)/t24-,28+/m1/s1. The minimum absolute atomic E-state index is 0.0116. The first-order valence-corrected chi connectivity index (χ1v) is 14.9. The Hall–Kier alpha value is -3.72. The Labute approximate surface area is 237 Å². The Kier molecular flexibility index (Phi) is 10.5. The number of hydrogen-bond acceptors (Lipinski definition) is 4. The summed E-state index contributed by atoms with van der Waals surface area (Å²) in [6.07, 6.45) is 1.02. The van der Waals surface area contributed by atoms with Crippen molar-refractivity contribution in [1.82, 2.24) is 10.2 Å². The lowest BCUT2D eigenvalue weighted by atomic mass is 10.1. The van der Waals surface area contributed by atoms with Gasteiger partial charge >= 0.3 is 0 Å². The van der Waals surface area contributed by atoms with E-state index in [2.05, 4.69) is 5.32 Å². The lowest BCUT2D eigenvalue weighted by molar-refractivity contribution is -0.140. The first kappa shape index (κ1) is 30.8. The van der Waals surface area contributed by atoms with Gasteiger partial charge in [-0.05, 0) is 75.1 Å². The molecular formula is C31H38FN3O4S. The van der Waals surface area contributed by atoms with Crippen molar-refractivity contribution in [3.8, 4) is 0 Å². The van der Waals surface area contributed by atoms with Gasteiger partial charge in [-0.1, -0.05) is 61.9 Å². The molecule has 0 aromatic heterocycles. The molecule has 40 heavy (non-hydrogen) atoms.